The number of nitrogens with one attached hydrogen (secondary N) is 2. The second-order valence-electron chi connectivity index (χ2n) is 10.7. The van der Waals surface area contributed by atoms with E-state index in [0.29, 0.717) is 30.0 Å². The van der Waals surface area contributed by atoms with Gasteiger partial charge in [-0.25, -0.2) is 9.78 Å². The average molecular weight is 604 g/mol. The van der Waals surface area contributed by atoms with Crippen molar-refractivity contribution in [3.05, 3.63) is 33.7 Å². The SMILES string of the molecule is Nc1nc(C(N=O)C(=O)NC2C(=O)N3C(C(=O)O)=C(C=C4CCN(C5CCN(CC6CNC6)C5)C4=O)CSC23)ns1. The molecule has 5 N–H and O–H groups in total. The summed E-state index contributed by atoms with van der Waals surface area (Å²) in [6.07, 6.45) is 3.04. The number of nitroso groups, excluding NO2 is 1. The summed E-state index contributed by atoms with van der Waals surface area (Å²) >= 11 is 2.07. The molecule has 5 aliphatic rings. The highest BCUT2D eigenvalue weighted by Gasteiger charge is 2.54. The number of β-lactam (4-membered cyclic amide) rings is 1. The van der Waals surface area contributed by atoms with E-state index in [0.717, 1.165) is 55.6 Å². The number of nitrogen functional groups attached to an aromatic ring is 1. The van der Waals surface area contributed by atoms with Gasteiger partial charge in [-0.3, -0.25) is 19.3 Å². The Balaban J connectivity index is 1.13. The van der Waals surface area contributed by atoms with Gasteiger partial charge < -0.3 is 31.3 Å². The number of nitrogens with two attached hydrogens (primary N) is 1. The Morgan fingerprint density at radius 1 is 1.29 bits per heavy atom. The summed E-state index contributed by atoms with van der Waals surface area (Å²) in [5.41, 5.74) is 6.23. The van der Waals surface area contributed by atoms with Crippen LogP contribution in [0.25, 0.3) is 0 Å². The van der Waals surface area contributed by atoms with E-state index >= 15 is 0 Å². The van der Waals surface area contributed by atoms with E-state index in [1.807, 2.05) is 4.90 Å². The first-order valence-electron chi connectivity index (χ1n) is 13.3. The van der Waals surface area contributed by atoms with E-state index in [4.69, 9.17) is 5.73 Å². The molecule has 4 unspecified atom stereocenters. The Kier molecular flexibility index (Phi) is 7.52. The van der Waals surface area contributed by atoms with Crippen LogP contribution in [0.4, 0.5) is 5.13 Å². The van der Waals surface area contributed by atoms with Crippen LogP contribution in [0.15, 0.2) is 28.1 Å². The van der Waals surface area contributed by atoms with Gasteiger partial charge in [0.25, 0.3) is 11.8 Å². The Morgan fingerprint density at radius 2 is 2.10 bits per heavy atom. The fourth-order valence-electron chi connectivity index (χ4n) is 5.96. The first-order valence-corrected chi connectivity index (χ1v) is 15.1. The van der Waals surface area contributed by atoms with Gasteiger partial charge in [0.15, 0.2) is 11.0 Å². The van der Waals surface area contributed by atoms with Gasteiger partial charge in [0.05, 0.1) is 0 Å². The Morgan fingerprint density at radius 3 is 2.76 bits per heavy atom. The number of amides is 3. The van der Waals surface area contributed by atoms with Crippen LogP contribution in [0, 0.1) is 10.8 Å². The van der Waals surface area contributed by atoms with Gasteiger partial charge in [-0.15, -0.1) is 16.7 Å². The van der Waals surface area contributed by atoms with Crippen LogP contribution in [0.3, 0.4) is 0 Å². The molecule has 3 amide bonds. The fourth-order valence-corrected chi connectivity index (χ4v) is 7.73. The third-order valence-corrected chi connectivity index (χ3v) is 9.99. The van der Waals surface area contributed by atoms with E-state index in [1.54, 1.807) is 6.08 Å². The first kappa shape index (κ1) is 27.7. The van der Waals surface area contributed by atoms with Gasteiger partial charge in [0.2, 0.25) is 11.9 Å². The lowest BCUT2D eigenvalue weighted by molar-refractivity contribution is -0.150. The number of carbonyl (C=O) groups is 4. The summed E-state index contributed by atoms with van der Waals surface area (Å²) < 4.78 is 3.83. The minimum absolute atomic E-state index is 0.0591. The highest BCUT2D eigenvalue weighted by molar-refractivity contribution is 8.00. The topological polar surface area (TPSA) is 204 Å². The van der Waals surface area contributed by atoms with Crippen molar-refractivity contribution in [3.63, 3.8) is 0 Å². The van der Waals surface area contributed by atoms with Crippen molar-refractivity contribution in [1.82, 2.24) is 34.7 Å². The molecule has 6 rings (SSSR count). The molecule has 1 aromatic heterocycles. The zero-order valence-electron chi connectivity index (χ0n) is 21.9. The molecule has 1 aromatic rings. The zero-order chi connectivity index (χ0) is 28.8. The molecule has 6 heterocycles. The summed E-state index contributed by atoms with van der Waals surface area (Å²) in [4.78, 5) is 71.9. The summed E-state index contributed by atoms with van der Waals surface area (Å²) in [6.45, 7) is 5.51. The van der Waals surface area contributed by atoms with Crippen molar-refractivity contribution in [2.75, 3.05) is 50.8 Å². The maximum Gasteiger partial charge on any atom is 0.352 e. The number of carbonyl (C=O) groups excluding carboxylic acids is 3. The Labute approximate surface area is 242 Å². The number of carboxylic acids is 1. The number of nitrogens with zero attached hydrogens (tertiary/aromatic N) is 6. The van der Waals surface area contributed by atoms with Crippen LogP contribution in [-0.4, -0.2) is 115 Å². The molecule has 4 saturated heterocycles. The van der Waals surface area contributed by atoms with Crippen LogP contribution in [-0.2, 0) is 19.2 Å². The molecule has 0 bridgehead atoms. The average Bonchev–Trinajstić information content (AvgIpc) is 3.65. The number of aliphatic carboxylic acids is 1. The fraction of sp³-hybridized carbons (Fsp3) is 0.583. The molecule has 4 atom stereocenters. The molecule has 4 fully saturated rings. The smallest absolute Gasteiger partial charge is 0.352 e. The lowest BCUT2D eigenvalue weighted by Crippen LogP contribution is -2.70. The number of fused-ring (bicyclic) bond motifs is 1. The quantitative estimate of drug-likeness (QED) is 0.154. The minimum Gasteiger partial charge on any atom is -0.477 e. The molecule has 0 radical (unpaired) electrons. The van der Waals surface area contributed by atoms with Crippen molar-refractivity contribution in [2.45, 2.75) is 36.3 Å². The third-order valence-electron chi connectivity index (χ3n) is 8.13. The van der Waals surface area contributed by atoms with E-state index in [9.17, 15) is 29.2 Å². The van der Waals surface area contributed by atoms with Crippen molar-refractivity contribution >= 4 is 52.1 Å². The first-order chi connectivity index (χ1) is 19.7. The second-order valence-corrected chi connectivity index (χ2v) is 12.6. The van der Waals surface area contributed by atoms with Crippen molar-refractivity contribution in [3.8, 4) is 0 Å². The number of likely N-dealkylation sites (tertiary alicyclic amines) is 2. The lowest BCUT2D eigenvalue weighted by Gasteiger charge is -2.49. The van der Waals surface area contributed by atoms with Crippen LogP contribution in [0.5, 0.6) is 0 Å². The molecule has 0 saturated carbocycles. The molecule has 41 heavy (non-hydrogen) atoms. The minimum atomic E-state index is -1.59. The number of hydrogen-bond donors (Lipinski definition) is 4. The van der Waals surface area contributed by atoms with Gasteiger partial charge >= 0.3 is 5.97 Å². The third kappa shape index (κ3) is 5.11. The molecule has 17 heteroatoms. The predicted molar refractivity (Wildman–Crippen MR) is 148 cm³/mol. The van der Waals surface area contributed by atoms with E-state index < -0.39 is 35.2 Å². The van der Waals surface area contributed by atoms with Crippen molar-refractivity contribution in [1.29, 1.82) is 0 Å². The summed E-state index contributed by atoms with van der Waals surface area (Å²) in [7, 11) is 0. The van der Waals surface area contributed by atoms with E-state index in [2.05, 4.69) is 30.1 Å². The highest BCUT2D eigenvalue weighted by Crippen LogP contribution is 2.41. The number of rotatable bonds is 9. The standard InChI is InChI=1S/C24H29N9O6S2/c25-24-28-18(30-41-24)15(29-39)19(34)27-16-21(36)33-17(23(37)38)13(10-40-22(16)33)5-12-1-4-32(20(12)35)14-2-3-31(9-14)8-11-6-26-7-11/h5,11,14-16,22,26H,1-4,6-10H2,(H,27,34)(H,37,38)(H2,25,28,30). The monoisotopic (exact) mass is 603 g/mol. The van der Waals surface area contributed by atoms with Crippen molar-refractivity contribution in [2.24, 2.45) is 11.1 Å². The number of hydrogen-bond acceptors (Lipinski definition) is 13. The van der Waals surface area contributed by atoms with Crippen LogP contribution < -0.4 is 16.4 Å². The summed E-state index contributed by atoms with van der Waals surface area (Å²) in [6, 6.07) is -2.51. The van der Waals surface area contributed by atoms with Gasteiger partial charge in [-0.1, -0.05) is 0 Å². The zero-order valence-corrected chi connectivity index (χ0v) is 23.5. The molecule has 0 aromatic carbocycles. The number of aromatic nitrogens is 2. The number of allylic oxidation sites excluding steroid dienone is 1. The number of anilines is 1. The Hall–Kier alpha value is -3.41. The van der Waals surface area contributed by atoms with Gasteiger partial charge in [-0.05, 0) is 35.6 Å². The summed E-state index contributed by atoms with van der Waals surface area (Å²) in [5, 5.41) is 17.9. The van der Waals surface area contributed by atoms with Gasteiger partial charge in [-0.2, -0.15) is 4.37 Å². The van der Waals surface area contributed by atoms with Gasteiger partial charge in [0, 0.05) is 68.2 Å². The molecule has 15 nitrogen and oxygen atoms in total. The molecule has 0 aliphatic carbocycles. The molecular weight excluding hydrogens is 574 g/mol. The van der Waals surface area contributed by atoms with Crippen LogP contribution in [0.2, 0.25) is 0 Å². The van der Waals surface area contributed by atoms with E-state index in [-0.39, 0.29) is 34.4 Å². The second kappa shape index (κ2) is 11.1. The normalized spacial score (nSPS) is 28.5. The molecule has 218 valence electrons. The van der Waals surface area contributed by atoms with Crippen molar-refractivity contribution < 1.29 is 24.3 Å². The largest absolute Gasteiger partial charge is 0.477 e. The van der Waals surface area contributed by atoms with E-state index in [1.165, 1.54) is 11.8 Å². The Bertz CT molecular complexity index is 1360. The maximum atomic E-state index is 13.3. The lowest BCUT2D eigenvalue weighted by atomic mass is 10.0. The number of carboxylic acid groups (broad SMARTS) is 1. The predicted octanol–water partition coefficient (Wildman–Crippen LogP) is -0.881. The van der Waals surface area contributed by atoms with Crippen LogP contribution in [0.1, 0.15) is 24.7 Å². The molecular formula is C24H29N9O6S2. The highest BCUT2D eigenvalue weighted by atomic mass is 32.2. The maximum absolute atomic E-state index is 13.3. The van der Waals surface area contributed by atoms with Gasteiger partial charge in [0.1, 0.15) is 17.1 Å². The van der Waals surface area contributed by atoms with Crippen LogP contribution >= 0.6 is 23.3 Å². The summed E-state index contributed by atoms with van der Waals surface area (Å²) in [5.74, 6) is -2.17. The molecule has 5 aliphatic heterocycles. The number of thioether (sulfide) groups is 1. The molecule has 0 spiro atoms.